The molecule has 2 aromatic carbocycles. The van der Waals surface area contributed by atoms with Gasteiger partial charge in [-0.25, -0.2) is 9.59 Å². The highest BCUT2D eigenvalue weighted by molar-refractivity contribution is 5.89. The van der Waals surface area contributed by atoms with Gasteiger partial charge in [-0.2, -0.15) is 4.74 Å². The molecule has 0 fully saturated rings. The molecule has 5 nitrogen and oxygen atoms in total. The normalized spacial score (nSPS) is 10.7. The summed E-state index contributed by atoms with van der Waals surface area (Å²) in [6.45, 7) is 1.80. The van der Waals surface area contributed by atoms with E-state index in [9.17, 15) is 9.59 Å². The minimum Gasteiger partial charge on any atom is -0.437 e. The van der Waals surface area contributed by atoms with Gasteiger partial charge in [0.2, 0.25) is 0 Å². The highest BCUT2D eigenvalue weighted by Gasteiger charge is 2.11. The standard InChI is InChI=1S/C16H13NO4/c1-11-6-8-12(9-7-11)15(18)20-10-17-14-5-3-2-4-13(14)16(19)21-17/h2-9H,10H2,1H3. The summed E-state index contributed by atoms with van der Waals surface area (Å²) in [6.07, 6.45) is 0. The Balaban J connectivity index is 1.79. The van der Waals surface area contributed by atoms with Crippen LogP contribution < -0.4 is 5.63 Å². The highest BCUT2D eigenvalue weighted by atomic mass is 16.6. The van der Waals surface area contributed by atoms with Crippen molar-refractivity contribution in [2.75, 3.05) is 0 Å². The summed E-state index contributed by atoms with van der Waals surface area (Å²) in [5.41, 5.74) is 1.67. The average molecular weight is 283 g/mol. The third-order valence-electron chi connectivity index (χ3n) is 3.19. The molecule has 21 heavy (non-hydrogen) atoms. The van der Waals surface area contributed by atoms with Crippen molar-refractivity contribution in [3.05, 3.63) is 70.1 Å². The molecule has 3 aromatic rings. The van der Waals surface area contributed by atoms with Crippen LogP contribution in [0.5, 0.6) is 0 Å². The van der Waals surface area contributed by atoms with Crippen LogP contribution in [0.4, 0.5) is 0 Å². The van der Waals surface area contributed by atoms with Crippen molar-refractivity contribution in [1.82, 2.24) is 4.74 Å². The smallest absolute Gasteiger partial charge is 0.365 e. The number of para-hydroxylation sites is 1. The number of aromatic nitrogens is 1. The first-order valence-corrected chi connectivity index (χ1v) is 6.48. The maximum Gasteiger partial charge on any atom is 0.365 e. The third kappa shape index (κ3) is 2.58. The van der Waals surface area contributed by atoms with Crippen molar-refractivity contribution in [3.8, 4) is 0 Å². The van der Waals surface area contributed by atoms with Crippen LogP contribution in [0, 0.1) is 6.92 Å². The number of aryl methyl sites for hydroxylation is 1. The Morgan fingerprint density at radius 2 is 1.86 bits per heavy atom. The van der Waals surface area contributed by atoms with Crippen LogP contribution in [-0.2, 0) is 11.5 Å². The number of fused-ring (bicyclic) bond motifs is 1. The predicted octanol–water partition coefficient (Wildman–Crippen LogP) is 2.72. The van der Waals surface area contributed by atoms with Gasteiger partial charge in [0.15, 0.2) is 6.73 Å². The van der Waals surface area contributed by atoms with Crippen LogP contribution in [0.25, 0.3) is 10.9 Å². The summed E-state index contributed by atoms with van der Waals surface area (Å²) < 4.78 is 11.5. The number of nitrogens with zero attached hydrogens (tertiary/aromatic N) is 1. The molecule has 1 heterocycles. The predicted molar refractivity (Wildman–Crippen MR) is 77.1 cm³/mol. The first-order chi connectivity index (χ1) is 10.1. The van der Waals surface area contributed by atoms with E-state index in [-0.39, 0.29) is 6.73 Å². The van der Waals surface area contributed by atoms with E-state index in [1.165, 1.54) is 4.74 Å². The van der Waals surface area contributed by atoms with Gasteiger partial charge in [0.05, 0.1) is 16.5 Å². The second-order valence-corrected chi connectivity index (χ2v) is 4.70. The molecule has 1 aromatic heterocycles. The molecule has 0 unspecified atom stereocenters. The number of benzene rings is 2. The van der Waals surface area contributed by atoms with Crippen LogP contribution >= 0.6 is 0 Å². The minimum atomic E-state index is -0.463. The molecule has 0 N–H and O–H groups in total. The second-order valence-electron chi connectivity index (χ2n) is 4.70. The van der Waals surface area contributed by atoms with Crippen LogP contribution in [-0.4, -0.2) is 10.7 Å². The fourth-order valence-corrected chi connectivity index (χ4v) is 2.05. The van der Waals surface area contributed by atoms with Crippen molar-refractivity contribution in [2.45, 2.75) is 13.7 Å². The number of ether oxygens (including phenoxy) is 1. The van der Waals surface area contributed by atoms with Crippen LogP contribution in [0.2, 0.25) is 0 Å². The highest BCUT2D eigenvalue weighted by Crippen LogP contribution is 2.11. The first-order valence-electron chi connectivity index (χ1n) is 6.48. The summed E-state index contributed by atoms with van der Waals surface area (Å²) >= 11 is 0. The molecule has 0 saturated carbocycles. The zero-order valence-electron chi connectivity index (χ0n) is 11.4. The number of hydrogen-bond acceptors (Lipinski definition) is 4. The Hall–Kier alpha value is -2.82. The quantitative estimate of drug-likeness (QED) is 0.693. The van der Waals surface area contributed by atoms with Crippen molar-refractivity contribution in [1.29, 1.82) is 0 Å². The maximum atomic E-state index is 11.9. The summed E-state index contributed by atoms with van der Waals surface area (Å²) in [7, 11) is 0. The van der Waals surface area contributed by atoms with Gasteiger partial charge in [-0.05, 0) is 31.2 Å². The van der Waals surface area contributed by atoms with Crippen LogP contribution in [0.3, 0.4) is 0 Å². The van der Waals surface area contributed by atoms with Gasteiger partial charge in [-0.1, -0.05) is 29.8 Å². The van der Waals surface area contributed by atoms with E-state index < -0.39 is 11.6 Å². The maximum absolute atomic E-state index is 11.9. The monoisotopic (exact) mass is 283 g/mol. The van der Waals surface area contributed by atoms with Crippen molar-refractivity contribution >= 4 is 16.9 Å². The van der Waals surface area contributed by atoms with Crippen molar-refractivity contribution < 1.29 is 14.1 Å². The Kier molecular flexibility index (Phi) is 3.31. The second kappa shape index (κ2) is 5.28. The minimum absolute atomic E-state index is 0.143. The van der Waals surface area contributed by atoms with Gasteiger partial charge in [-0.3, -0.25) is 0 Å². The van der Waals surface area contributed by atoms with Gasteiger partial charge in [-0.15, -0.1) is 0 Å². The lowest BCUT2D eigenvalue weighted by molar-refractivity contribution is 0.0205. The van der Waals surface area contributed by atoms with Gasteiger partial charge in [0.25, 0.3) is 0 Å². The summed E-state index contributed by atoms with van der Waals surface area (Å²) in [5.74, 6) is -0.463. The number of carbonyl (C=O) groups excluding carboxylic acids is 1. The molecule has 0 spiro atoms. The summed E-state index contributed by atoms with van der Waals surface area (Å²) in [6, 6.07) is 14.0. The van der Waals surface area contributed by atoms with Gasteiger partial charge < -0.3 is 9.26 Å². The molecule has 0 aliphatic rings. The number of carbonyl (C=O) groups is 1. The zero-order chi connectivity index (χ0) is 14.8. The molecule has 0 saturated heterocycles. The van der Waals surface area contributed by atoms with E-state index in [4.69, 9.17) is 9.26 Å². The average Bonchev–Trinajstić information content (AvgIpc) is 2.83. The molecule has 0 aliphatic heterocycles. The fraction of sp³-hybridized carbons (Fsp3) is 0.125. The van der Waals surface area contributed by atoms with Crippen molar-refractivity contribution in [2.24, 2.45) is 0 Å². The number of hydrogen-bond donors (Lipinski definition) is 0. The summed E-state index contributed by atoms with van der Waals surface area (Å²) in [4.78, 5) is 23.5. The van der Waals surface area contributed by atoms with Gasteiger partial charge >= 0.3 is 11.6 Å². The summed E-state index contributed by atoms with van der Waals surface area (Å²) in [5, 5.41) is 0.462. The molecule has 0 amide bonds. The Labute approximate surface area is 120 Å². The van der Waals surface area contributed by atoms with Crippen molar-refractivity contribution in [3.63, 3.8) is 0 Å². The lowest BCUT2D eigenvalue weighted by Crippen LogP contribution is -2.09. The van der Waals surface area contributed by atoms with E-state index in [1.54, 1.807) is 36.4 Å². The lowest BCUT2D eigenvalue weighted by Gasteiger charge is -2.05. The van der Waals surface area contributed by atoms with Crippen LogP contribution in [0.1, 0.15) is 15.9 Å². The largest absolute Gasteiger partial charge is 0.437 e. The molecule has 5 heteroatoms. The third-order valence-corrected chi connectivity index (χ3v) is 3.19. The molecular weight excluding hydrogens is 270 g/mol. The number of esters is 1. The Morgan fingerprint density at radius 1 is 1.14 bits per heavy atom. The number of rotatable bonds is 3. The zero-order valence-corrected chi connectivity index (χ0v) is 11.4. The van der Waals surface area contributed by atoms with E-state index in [0.717, 1.165) is 5.56 Å². The van der Waals surface area contributed by atoms with Gasteiger partial charge in [0.1, 0.15) is 0 Å². The Bertz CT molecular complexity index is 843. The molecule has 106 valence electrons. The van der Waals surface area contributed by atoms with Gasteiger partial charge in [0, 0.05) is 0 Å². The molecular formula is C16H13NO4. The lowest BCUT2D eigenvalue weighted by atomic mass is 10.2. The fourth-order valence-electron chi connectivity index (χ4n) is 2.05. The topological polar surface area (TPSA) is 61.4 Å². The van der Waals surface area contributed by atoms with E-state index in [0.29, 0.717) is 16.5 Å². The molecule has 3 rings (SSSR count). The SMILES string of the molecule is Cc1ccc(C(=O)OCn2oc(=O)c3ccccc32)cc1. The molecule has 0 bridgehead atoms. The first kappa shape index (κ1) is 13.2. The van der Waals surface area contributed by atoms with E-state index >= 15 is 0 Å². The Morgan fingerprint density at radius 3 is 2.62 bits per heavy atom. The van der Waals surface area contributed by atoms with E-state index in [2.05, 4.69) is 0 Å². The molecule has 0 aliphatic carbocycles. The van der Waals surface area contributed by atoms with E-state index in [1.807, 2.05) is 19.1 Å². The molecule has 0 radical (unpaired) electrons. The molecule has 0 atom stereocenters. The van der Waals surface area contributed by atoms with Crippen LogP contribution in [0.15, 0.2) is 57.8 Å².